The van der Waals surface area contributed by atoms with Crippen LogP contribution in [-0.4, -0.2) is 38.3 Å². The summed E-state index contributed by atoms with van der Waals surface area (Å²) in [7, 11) is 1.70. The molecule has 0 spiro atoms. The van der Waals surface area contributed by atoms with E-state index in [0.717, 1.165) is 37.7 Å². The highest BCUT2D eigenvalue weighted by molar-refractivity contribution is 5.42. The van der Waals surface area contributed by atoms with Crippen LogP contribution in [-0.2, 0) is 4.74 Å². The number of pyridine rings is 1. The van der Waals surface area contributed by atoms with Crippen molar-refractivity contribution in [1.82, 2.24) is 4.98 Å². The van der Waals surface area contributed by atoms with E-state index in [4.69, 9.17) is 4.74 Å². The maximum atomic E-state index is 5.33. The number of rotatable bonds is 3. The molecule has 1 fully saturated rings. The van der Waals surface area contributed by atoms with Gasteiger partial charge in [0.1, 0.15) is 5.82 Å². The van der Waals surface area contributed by atoms with Crippen LogP contribution < -0.4 is 4.90 Å². The average molecular weight is 234 g/mol. The van der Waals surface area contributed by atoms with Gasteiger partial charge >= 0.3 is 0 Å². The Balaban J connectivity index is 2.15. The number of ether oxygens (including phenoxy) is 1. The van der Waals surface area contributed by atoms with Gasteiger partial charge in [-0.05, 0) is 24.6 Å². The third-order valence-electron chi connectivity index (χ3n) is 2.88. The number of hydrogen-bond donors (Lipinski definition) is 0. The number of anilines is 1. The highest BCUT2D eigenvalue weighted by atomic mass is 16.5. The minimum atomic E-state index is 0.0859. The number of azo groups is 1. The first-order chi connectivity index (χ1) is 8.31. The molecule has 1 aliphatic heterocycles. The minimum Gasteiger partial charge on any atom is -0.378 e. The molecular weight excluding hydrogens is 216 g/mol. The predicted molar refractivity (Wildman–Crippen MR) is 66.5 cm³/mol. The van der Waals surface area contributed by atoms with Gasteiger partial charge < -0.3 is 9.64 Å². The van der Waals surface area contributed by atoms with Crippen molar-refractivity contribution >= 4 is 5.82 Å². The van der Waals surface area contributed by atoms with Crippen molar-refractivity contribution in [3.05, 3.63) is 23.9 Å². The summed E-state index contributed by atoms with van der Waals surface area (Å²) in [5.74, 6) is 1.00. The molecule has 2 heterocycles. The van der Waals surface area contributed by atoms with E-state index < -0.39 is 0 Å². The van der Waals surface area contributed by atoms with E-state index in [-0.39, 0.29) is 6.04 Å². The molecule has 1 saturated heterocycles. The fourth-order valence-corrected chi connectivity index (χ4v) is 1.90. The van der Waals surface area contributed by atoms with E-state index in [1.54, 1.807) is 7.05 Å². The Morgan fingerprint density at radius 2 is 2.18 bits per heavy atom. The molecule has 0 aliphatic carbocycles. The Kier molecular flexibility index (Phi) is 4.03. The molecule has 1 aromatic rings. The van der Waals surface area contributed by atoms with Crippen LogP contribution in [0.5, 0.6) is 0 Å². The molecule has 0 saturated carbocycles. The number of nitrogens with zero attached hydrogens (tertiary/aromatic N) is 4. The van der Waals surface area contributed by atoms with E-state index in [1.807, 2.05) is 19.2 Å². The van der Waals surface area contributed by atoms with Crippen molar-refractivity contribution in [1.29, 1.82) is 0 Å². The summed E-state index contributed by atoms with van der Waals surface area (Å²) < 4.78 is 5.33. The molecule has 0 radical (unpaired) electrons. The quantitative estimate of drug-likeness (QED) is 0.752. The van der Waals surface area contributed by atoms with Crippen LogP contribution in [0, 0.1) is 0 Å². The molecule has 92 valence electrons. The average Bonchev–Trinajstić information content (AvgIpc) is 2.40. The van der Waals surface area contributed by atoms with E-state index in [0.29, 0.717) is 0 Å². The second kappa shape index (κ2) is 5.72. The largest absolute Gasteiger partial charge is 0.378 e. The van der Waals surface area contributed by atoms with Crippen LogP contribution >= 0.6 is 0 Å². The molecule has 1 atom stereocenters. The highest BCUT2D eigenvalue weighted by Gasteiger charge is 2.13. The van der Waals surface area contributed by atoms with E-state index in [9.17, 15) is 0 Å². The zero-order chi connectivity index (χ0) is 12.1. The van der Waals surface area contributed by atoms with Gasteiger partial charge in [0, 0.05) is 26.3 Å². The zero-order valence-corrected chi connectivity index (χ0v) is 10.3. The second-order valence-electron chi connectivity index (χ2n) is 4.04. The monoisotopic (exact) mass is 234 g/mol. The molecule has 0 N–H and O–H groups in total. The zero-order valence-electron chi connectivity index (χ0n) is 10.3. The molecular formula is C12H18N4O. The Labute approximate surface area is 102 Å². The lowest BCUT2D eigenvalue weighted by Gasteiger charge is -2.28. The van der Waals surface area contributed by atoms with Gasteiger partial charge in [0.2, 0.25) is 0 Å². The van der Waals surface area contributed by atoms with Crippen LogP contribution in [0.2, 0.25) is 0 Å². The molecule has 17 heavy (non-hydrogen) atoms. The fourth-order valence-electron chi connectivity index (χ4n) is 1.90. The van der Waals surface area contributed by atoms with E-state index in [2.05, 4.69) is 26.2 Å². The molecule has 1 unspecified atom stereocenters. The predicted octanol–water partition coefficient (Wildman–Crippen LogP) is 2.06. The van der Waals surface area contributed by atoms with Gasteiger partial charge in [-0.3, -0.25) is 0 Å². The summed E-state index contributed by atoms with van der Waals surface area (Å²) in [5, 5.41) is 7.96. The third kappa shape index (κ3) is 3.00. The SMILES string of the molecule is CN=NC(C)c1ccnc(N2CCOCC2)c1. The summed E-state index contributed by atoms with van der Waals surface area (Å²) in [6.07, 6.45) is 1.84. The molecule has 5 heteroatoms. The maximum absolute atomic E-state index is 5.33. The summed E-state index contributed by atoms with van der Waals surface area (Å²) in [5.41, 5.74) is 1.15. The highest BCUT2D eigenvalue weighted by Crippen LogP contribution is 2.21. The first-order valence-electron chi connectivity index (χ1n) is 5.89. The van der Waals surface area contributed by atoms with Gasteiger partial charge in [-0.1, -0.05) is 0 Å². The van der Waals surface area contributed by atoms with Crippen LogP contribution in [0.3, 0.4) is 0 Å². The lowest BCUT2D eigenvalue weighted by Crippen LogP contribution is -2.36. The van der Waals surface area contributed by atoms with Gasteiger partial charge in [0.25, 0.3) is 0 Å². The lowest BCUT2D eigenvalue weighted by atomic mass is 10.1. The van der Waals surface area contributed by atoms with Crippen LogP contribution in [0.4, 0.5) is 5.82 Å². The van der Waals surface area contributed by atoms with Crippen molar-refractivity contribution in [2.45, 2.75) is 13.0 Å². The number of hydrogen-bond acceptors (Lipinski definition) is 5. The first-order valence-corrected chi connectivity index (χ1v) is 5.89. The Morgan fingerprint density at radius 3 is 2.88 bits per heavy atom. The smallest absolute Gasteiger partial charge is 0.128 e. The van der Waals surface area contributed by atoms with Gasteiger partial charge in [-0.2, -0.15) is 10.2 Å². The van der Waals surface area contributed by atoms with Crippen LogP contribution in [0.15, 0.2) is 28.6 Å². The summed E-state index contributed by atoms with van der Waals surface area (Å²) >= 11 is 0. The number of aromatic nitrogens is 1. The topological polar surface area (TPSA) is 50.1 Å². The minimum absolute atomic E-state index is 0.0859. The van der Waals surface area contributed by atoms with Gasteiger partial charge in [-0.15, -0.1) is 0 Å². The fraction of sp³-hybridized carbons (Fsp3) is 0.583. The van der Waals surface area contributed by atoms with Crippen molar-refractivity contribution in [2.75, 3.05) is 38.3 Å². The van der Waals surface area contributed by atoms with Gasteiger partial charge in [0.05, 0.1) is 19.3 Å². The third-order valence-corrected chi connectivity index (χ3v) is 2.88. The van der Waals surface area contributed by atoms with Crippen molar-refractivity contribution in [2.24, 2.45) is 10.2 Å². The Hall–Kier alpha value is -1.49. The van der Waals surface area contributed by atoms with Crippen LogP contribution in [0.25, 0.3) is 0 Å². The Bertz CT molecular complexity index is 388. The molecule has 0 amide bonds. The lowest BCUT2D eigenvalue weighted by molar-refractivity contribution is 0.122. The molecule has 2 rings (SSSR count). The van der Waals surface area contributed by atoms with E-state index >= 15 is 0 Å². The standard InChI is InChI=1S/C12H18N4O/c1-10(15-13-2)11-3-4-14-12(9-11)16-5-7-17-8-6-16/h3-4,9-10H,5-8H2,1-2H3. The molecule has 5 nitrogen and oxygen atoms in total. The van der Waals surface area contributed by atoms with Gasteiger partial charge in [0.15, 0.2) is 0 Å². The summed E-state index contributed by atoms with van der Waals surface area (Å²) in [4.78, 5) is 6.64. The van der Waals surface area contributed by atoms with E-state index in [1.165, 1.54) is 0 Å². The molecule has 1 aromatic heterocycles. The van der Waals surface area contributed by atoms with Crippen molar-refractivity contribution < 1.29 is 4.74 Å². The van der Waals surface area contributed by atoms with Gasteiger partial charge in [-0.25, -0.2) is 4.98 Å². The first kappa shape index (κ1) is 12.0. The van der Waals surface area contributed by atoms with Crippen molar-refractivity contribution in [3.8, 4) is 0 Å². The Morgan fingerprint density at radius 1 is 1.41 bits per heavy atom. The molecule has 1 aliphatic rings. The van der Waals surface area contributed by atoms with Crippen LogP contribution in [0.1, 0.15) is 18.5 Å². The number of morpholine rings is 1. The normalized spacial score (nSPS) is 18.6. The van der Waals surface area contributed by atoms with Crippen molar-refractivity contribution in [3.63, 3.8) is 0 Å². The summed E-state index contributed by atoms with van der Waals surface area (Å²) in [6.45, 7) is 5.39. The maximum Gasteiger partial charge on any atom is 0.128 e. The molecule has 0 bridgehead atoms. The summed E-state index contributed by atoms with van der Waals surface area (Å²) in [6, 6.07) is 4.16. The second-order valence-corrected chi connectivity index (χ2v) is 4.04. The molecule has 0 aromatic carbocycles.